The summed E-state index contributed by atoms with van der Waals surface area (Å²) >= 11 is 0. The van der Waals surface area contributed by atoms with Crippen LogP contribution in [0.3, 0.4) is 0 Å². The molecule has 0 aromatic heterocycles. The van der Waals surface area contributed by atoms with Crippen LogP contribution in [0.2, 0.25) is 0 Å². The number of oxime groups is 4. The molecule has 2 fully saturated rings. The molecule has 23 heavy (non-hydrogen) atoms. The number of hydrogen-bond acceptors (Lipinski definition) is 8. The minimum Gasteiger partial charge on any atom is -0.665 e. The fraction of sp³-hybridized carbons (Fsp3) is 0.667. The summed E-state index contributed by atoms with van der Waals surface area (Å²) in [7, 11) is 0. The molecular weight excluding hydrogens is 351 g/mol. The van der Waals surface area contributed by atoms with E-state index in [2.05, 4.69) is 31.3 Å². The standard InChI is InChI=1S/2C4H8N2O2.2C2H4N.Co/c2*1-3(5-7)4(2)6-8;2*1-2-3-1;/h2*7-8H,1-2H3;2*1-2H2;/q;;2*-1;+2/b2*5-3+,6-4+;;;. The van der Waals surface area contributed by atoms with E-state index in [0.717, 1.165) is 26.2 Å². The first-order valence-corrected chi connectivity index (χ1v) is 6.46. The van der Waals surface area contributed by atoms with Crippen molar-refractivity contribution in [2.24, 2.45) is 20.6 Å². The van der Waals surface area contributed by atoms with E-state index in [4.69, 9.17) is 20.8 Å². The molecule has 0 unspecified atom stereocenters. The van der Waals surface area contributed by atoms with Crippen LogP contribution in [0.15, 0.2) is 20.6 Å². The first kappa shape index (κ1) is 26.2. The Morgan fingerprint density at radius 3 is 0.739 bits per heavy atom. The molecule has 2 rings (SSSR count). The first-order valence-electron chi connectivity index (χ1n) is 6.46. The zero-order valence-corrected chi connectivity index (χ0v) is 14.7. The van der Waals surface area contributed by atoms with Gasteiger partial charge in [0.05, 0.1) is 0 Å². The first-order chi connectivity index (χ1) is 10.4. The van der Waals surface area contributed by atoms with Gasteiger partial charge in [-0.25, -0.2) is 0 Å². The van der Waals surface area contributed by atoms with Crippen molar-refractivity contribution in [2.75, 3.05) is 26.2 Å². The average Bonchev–Trinajstić information content (AvgIpc) is 3.40. The molecule has 0 saturated carbocycles. The van der Waals surface area contributed by atoms with Crippen LogP contribution in [-0.2, 0) is 16.8 Å². The van der Waals surface area contributed by atoms with Gasteiger partial charge in [-0.3, -0.25) is 0 Å². The molecule has 11 heteroatoms. The van der Waals surface area contributed by atoms with E-state index in [1.165, 1.54) is 27.7 Å². The summed E-state index contributed by atoms with van der Waals surface area (Å²) in [6, 6.07) is 0. The van der Waals surface area contributed by atoms with Crippen molar-refractivity contribution >= 4 is 22.8 Å². The fourth-order valence-electron chi connectivity index (χ4n) is 0.289. The van der Waals surface area contributed by atoms with Crippen LogP contribution in [-0.4, -0.2) is 69.9 Å². The van der Waals surface area contributed by atoms with Gasteiger partial charge in [-0.15, -0.1) is 0 Å². The molecule has 0 aromatic carbocycles. The van der Waals surface area contributed by atoms with Crippen molar-refractivity contribution in [1.82, 2.24) is 0 Å². The Hall–Kier alpha value is -1.69. The Balaban J connectivity index is -0.000000247. The molecule has 2 aliphatic heterocycles. The normalized spacial score (nSPS) is 16.2. The van der Waals surface area contributed by atoms with Gasteiger partial charge in [0.2, 0.25) is 0 Å². The summed E-state index contributed by atoms with van der Waals surface area (Å²) in [4.78, 5) is 0. The quantitative estimate of drug-likeness (QED) is 0.252. The maximum absolute atomic E-state index is 8.03. The topological polar surface area (TPSA) is 159 Å². The van der Waals surface area contributed by atoms with E-state index in [1.807, 2.05) is 0 Å². The van der Waals surface area contributed by atoms with E-state index in [9.17, 15) is 0 Å². The zero-order chi connectivity index (χ0) is 17.4. The van der Waals surface area contributed by atoms with Crippen molar-refractivity contribution in [1.29, 1.82) is 0 Å². The molecule has 1 radical (unpaired) electrons. The van der Waals surface area contributed by atoms with Crippen LogP contribution < -0.4 is 0 Å². The molecule has 0 atom stereocenters. The molecule has 0 aliphatic carbocycles. The molecular formula is C12H24CoN6O4. The van der Waals surface area contributed by atoms with Gasteiger partial charge in [-0.1, -0.05) is 20.6 Å². The van der Waals surface area contributed by atoms with Crippen LogP contribution in [0.4, 0.5) is 0 Å². The second-order valence-electron chi connectivity index (χ2n) is 4.08. The van der Waals surface area contributed by atoms with E-state index in [1.54, 1.807) is 0 Å². The van der Waals surface area contributed by atoms with Crippen molar-refractivity contribution in [3.05, 3.63) is 10.6 Å². The van der Waals surface area contributed by atoms with E-state index in [-0.39, 0.29) is 16.8 Å². The number of hydrogen-bond donors (Lipinski definition) is 4. The van der Waals surface area contributed by atoms with Crippen LogP contribution >= 0.6 is 0 Å². The van der Waals surface area contributed by atoms with E-state index >= 15 is 0 Å². The molecule has 2 heterocycles. The van der Waals surface area contributed by atoms with Crippen molar-refractivity contribution in [3.63, 3.8) is 0 Å². The monoisotopic (exact) mass is 375 g/mol. The SMILES string of the molecule is C1C[N-]1.C1C[N-]1.CC(=N\O)/C(C)=N/O.CC(=N\O)/C(C)=N/O.[Co+2]. The molecule has 10 nitrogen and oxygen atoms in total. The maximum atomic E-state index is 8.03. The summed E-state index contributed by atoms with van der Waals surface area (Å²) in [5, 5.41) is 50.8. The third-order valence-electron chi connectivity index (χ3n) is 2.09. The zero-order valence-electron chi connectivity index (χ0n) is 13.6. The Kier molecular flexibility index (Phi) is 20.9. The Morgan fingerprint density at radius 2 is 0.696 bits per heavy atom. The van der Waals surface area contributed by atoms with E-state index < -0.39 is 0 Å². The summed E-state index contributed by atoms with van der Waals surface area (Å²) in [5.41, 5.74) is 1.25. The summed E-state index contributed by atoms with van der Waals surface area (Å²) in [5.74, 6) is 0. The predicted molar refractivity (Wildman–Crippen MR) is 85.8 cm³/mol. The van der Waals surface area contributed by atoms with Gasteiger partial charge >= 0.3 is 16.8 Å². The minimum atomic E-state index is 0. The van der Waals surface area contributed by atoms with Crippen LogP contribution in [0.25, 0.3) is 10.6 Å². The van der Waals surface area contributed by atoms with Gasteiger partial charge in [0.15, 0.2) is 0 Å². The van der Waals surface area contributed by atoms with E-state index in [0.29, 0.717) is 22.8 Å². The minimum absolute atomic E-state index is 0. The Labute approximate surface area is 146 Å². The third-order valence-corrected chi connectivity index (χ3v) is 2.09. The van der Waals surface area contributed by atoms with Gasteiger partial charge in [0, 0.05) is 0 Å². The third kappa shape index (κ3) is 25.6. The van der Waals surface area contributed by atoms with Gasteiger partial charge in [-0.2, -0.15) is 26.2 Å². The fourth-order valence-corrected chi connectivity index (χ4v) is 0.289. The summed E-state index contributed by atoms with van der Waals surface area (Å²) in [6.45, 7) is 10.6. The van der Waals surface area contributed by atoms with Gasteiger partial charge in [-0.05, 0) is 27.7 Å². The number of nitrogens with zero attached hydrogens (tertiary/aromatic N) is 6. The van der Waals surface area contributed by atoms with Gasteiger partial charge in [0.1, 0.15) is 22.8 Å². The van der Waals surface area contributed by atoms with Gasteiger partial charge in [0.25, 0.3) is 0 Å². The van der Waals surface area contributed by atoms with Crippen molar-refractivity contribution in [3.8, 4) is 0 Å². The molecule has 4 N–H and O–H groups in total. The summed E-state index contributed by atoms with van der Waals surface area (Å²) in [6.07, 6.45) is 0. The molecule has 0 spiro atoms. The van der Waals surface area contributed by atoms with Crippen molar-refractivity contribution < 1.29 is 37.6 Å². The van der Waals surface area contributed by atoms with Gasteiger partial charge < -0.3 is 31.5 Å². The summed E-state index contributed by atoms with van der Waals surface area (Å²) < 4.78 is 0. The average molecular weight is 375 g/mol. The van der Waals surface area contributed by atoms with Crippen LogP contribution in [0.5, 0.6) is 0 Å². The maximum Gasteiger partial charge on any atom is 2.00 e. The second kappa shape index (κ2) is 18.4. The molecule has 0 bridgehead atoms. The van der Waals surface area contributed by atoms with Crippen LogP contribution in [0, 0.1) is 0 Å². The molecule has 2 saturated heterocycles. The Bertz CT molecular complexity index is 333. The van der Waals surface area contributed by atoms with Crippen molar-refractivity contribution in [2.45, 2.75) is 27.7 Å². The Morgan fingerprint density at radius 1 is 0.565 bits per heavy atom. The molecule has 0 amide bonds. The number of rotatable bonds is 2. The smallest absolute Gasteiger partial charge is 0.665 e. The van der Waals surface area contributed by atoms with Crippen LogP contribution in [0.1, 0.15) is 27.7 Å². The predicted octanol–water partition coefficient (Wildman–Crippen LogP) is 2.12. The largest absolute Gasteiger partial charge is 2.00 e. The molecule has 2 aliphatic rings. The second-order valence-corrected chi connectivity index (χ2v) is 4.08. The molecule has 135 valence electrons. The molecule has 0 aromatic rings.